The van der Waals surface area contributed by atoms with Crippen molar-refractivity contribution in [1.82, 2.24) is 4.57 Å². The Bertz CT molecular complexity index is 3360. The van der Waals surface area contributed by atoms with Crippen LogP contribution in [0, 0.1) is 23.7 Å². The molecule has 3 nitrogen and oxygen atoms in total. The maximum Gasteiger partial charge on any atom is 0.136 e. The summed E-state index contributed by atoms with van der Waals surface area (Å²) in [5.74, 6) is 3.02. The minimum atomic E-state index is -0.0214. The summed E-state index contributed by atoms with van der Waals surface area (Å²) in [5.41, 5.74) is 17.3. The molecule has 0 N–H and O–H groups in total. The molecule has 0 radical (unpaired) electrons. The van der Waals surface area contributed by atoms with Gasteiger partial charge < -0.3 is 13.9 Å². The van der Waals surface area contributed by atoms with Crippen LogP contribution in [0.2, 0.25) is 0 Å². The molecule has 5 aliphatic rings. The van der Waals surface area contributed by atoms with E-state index in [1.165, 1.54) is 87.7 Å². The molecule has 4 saturated carbocycles. The number of aromatic nitrogens is 1. The van der Waals surface area contributed by atoms with E-state index >= 15 is 0 Å². The van der Waals surface area contributed by atoms with Crippen LogP contribution < -0.4 is 4.90 Å². The number of furan rings is 1. The SMILES string of the molecule is c1ccc(-c2ccccc2N(c2ccc(-c3ccc4c(c3)oc3ccccc34)cc2)c2cc3c4c(c2)c2ccccc2n4-c2ccccc2C32C3CC4CC(C3)CC2C4)cc1. The standard InChI is InChI=1S/C58H44N2O/c1-2-12-39(13-3-1)45-14-4-8-18-52(45)59(43-25-22-38(23-26-43)40-24-27-48-47-16-6-11-21-55(47)61-56(48)33-40)44-34-49-46-15-5-9-19-53(46)60-54-20-10-7-17-50(54)58(51(35-44)57(49)60)41-29-36-28-37(31-41)32-42(58)30-36/h1-27,33-37,41-42H,28-32H2. The summed E-state index contributed by atoms with van der Waals surface area (Å²) in [6.45, 7) is 0. The Morgan fingerprint density at radius 3 is 1.97 bits per heavy atom. The van der Waals surface area contributed by atoms with E-state index in [0.717, 1.165) is 45.0 Å². The molecule has 8 aromatic carbocycles. The van der Waals surface area contributed by atoms with Gasteiger partial charge in [0.25, 0.3) is 0 Å². The van der Waals surface area contributed by atoms with Gasteiger partial charge in [-0.1, -0.05) is 121 Å². The Balaban J connectivity index is 1.02. The fraction of sp³-hybridized carbons (Fsp3) is 0.172. The Labute approximate surface area is 355 Å². The molecule has 1 aliphatic heterocycles. The van der Waals surface area contributed by atoms with E-state index in [1.807, 2.05) is 6.07 Å². The van der Waals surface area contributed by atoms with E-state index in [2.05, 4.69) is 185 Å². The van der Waals surface area contributed by atoms with Crippen LogP contribution in [0.15, 0.2) is 186 Å². The van der Waals surface area contributed by atoms with Gasteiger partial charge in [0.1, 0.15) is 11.2 Å². The van der Waals surface area contributed by atoms with Crippen LogP contribution in [0.1, 0.15) is 43.2 Å². The molecule has 3 heteroatoms. The lowest BCUT2D eigenvalue weighted by atomic mass is 9.41. The average Bonchev–Trinajstić information content (AvgIpc) is 3.85. The van der Waals surface area contributed by atoms with Gasteiger partial charge in [-0.05, 0) is 144 Å². The summed E-state index contributed by atoms with van der Waals surface area (Å²) < 4.78 is 8.97. The van der Waals surface area contributed by atoms with Crippen molar-refractivity contribution in [3.8, 4) is 27.9 Å². The summed E-state index contributed by atoms with van der Waals surface area (Å²) in [7, 11) is 0. The van der Waals surface area contributed by atoms with E-state index in [1.54, 1.807) is 11.1 Å². The molecule has 0 atom stereocenters. The highest BCUT2D eigenvalue weighted by Crippen LogP contribution is 2.68. The maximum atomic E-state index is 6.34. The van der Waals surface area contributed by atoms with Crippen molar-refractivity contribution in [1.29, 1.82) is 0 Å². The van der Waals surface area contributed by atoms with E-state index in [-0.39, 0.29) is 5.41 Å². The van der Waals surface area contributed by atoms with Gasteiger partial charge in [0.15, 0.2) is 0 Å². The molecular formula is C58H44N2O. The molecule has 4 fully saturated rings. The average molecular weight is 785 g/mol. The number of nitrogens with zero attached hydrogens (tertiary/aromatic N) is 2. The van der Waals surface area contributed by atoms with Crippen molar-refractivity contribution in [3.05, 3.63) is 193 Å². The molecule has 61 heavy (non-hydrogen) atoms. The van der Waals surface area contributed by atoms with Gasteiger partial charge in [0.2, 0.25) is 0 Å². The highest BCUT2D eigenvalue weighted by Gasteiger charge is 2.61. The lowest BCUT2D eigenvalue weighted by Crippen LogP contribution is -2.57. The number of para-hydroxylation sites is 4. The van der Waals surface area contributed by atoms with Crippen molar-refractivity contribution >= 4 is 60.8 Å². The fourth-order valence-corrected chi connectivity index (χ4v) is 13.4. The number of rotatable bonds is 5. The minimum absolute atomic E-state index is 0.0214. The zero-order valence-electron chi connectivity index (χ0n) is 34.0. The smallest absolute Gasteiger partial charge is 0.136 e. The zero-order chi connectivity index (χ0) is 39.8. The van der Waals surface area contributed by atoms with Crippen LogP contribution in [0.3, 0.4) is 0 Å². The molecule has 2 aromatic heterocycles. The zero-order valence-corrected chi connectivity index (χ0v) is 34.0. The van der Waals surface area contributed by atoms with Crippen molar-refractivity contribution < 1.29 is 4.42 Å². The van der Waals surface area contributed by atoms with Gasteiger partial charge in [-0.25, -0.2) is 0 Å². The molecule has 292 valence electrons. The van der Waals surface area contributed by atoms with Crippen molar-refractivity contribution in [2.75, 3.05) is 4.90 Å². The first-order valence-corrected chi connectivity index (χ1v) is 22.3. The van der Waals surface area contributed by atoms with Crippen molar-refractivity contribution in [3.63, 3.8) is 0 Å². The number of hydrogen-bond acceptors (Lipinski definition) is 2. The van der Waals surface area contributed by atoms with Crippen molar-refractivity contribution in [2.24, 2.45) is 23.7 Å². The summed E-state index contributed by atoms with van der Waals surface area (Å²) in [4.78, 5) is 2.56. The monoisotopic (exact) mass is 784 g/mol. The molecule has 1 spiro atoms. The van der Waals surface area contributed by atoms with Crippen LogP contribution in [-0.4, -0.2) is 4.57 Å². The second-order valence-corrected chi connectivity index (χ2v) is 18.5. The lowest BCUT2D eigenvalue weighted by Gasteiger charge is -2.63. The topological polar surface area (TPSA) is 21.3 Å². The molecule has 0 unspecified atom stereocenters. The van der Waals surface area contributed by atoms with Crippen LogP contribution in [-0.2, 0) is 5.41 Å². The normalized spacial score (nSPS) is 22.2. The van der Waals surface area contributed by atoms with Gasteiger partial charge in [-0.3, -0.25) is 0 Å². The summed E-state index contributed by atoms with van der Waals surface area (Å²) in [6.07, 6.45) is 6.81. The minimum Gasteiger partial charge on any atom is -0.456 e. The molecule has 0 amide bonds. The highest BCUT2D eigenvalue weighted by atomic mass is 16.3. The number of hydrogen-bond donors (Lipinski definition) is 0. The summed E-state index contributed by atoms with van der Waals surface area (Å²) >= 11 is 0. The van der Waals surface area contributed by atoms with Gasteiger partial charge in [-0.15, -0.1) is 0 Å². The van der Waals surface area contributed by atoms with Crippen LogP contribution in [0.5, 0.6) is 0 Å². The molecule has 4 aliphatic carbocycles. The molecule has 10 aromatic rings. The second-order valence-electron chi connectivity index (χ2n) is 18.5. The Kier molecular flexibility index (Phi) is 7.01. The van der Waals surface area contributed by atoms with Crippen LogP contribution in [0.4, 0.5) is 17.1 Å². The third-order valence-corrected chi connectivity index (χ3v) is 15.5. The van der Waals surface area contributed by atoms with Gasteiger partial charge in [0.05, 0.1) is 22.4 Å². The fourth-order valence-electron chi connectivity index (χ4n) is 13.4. The molecular weight excluding hydrogens is 741 g/mol. The summed E-state index contributed by atoms with van der Waals surface area (Å²) in [5, 5.41) is 4.98. The Hall–Kier alpha value is -6.84. The molecule has 4 bridgehead atoms. The first kappa shape index (κ1) is 33.9. The van der Waals surface area contributed by atoms with Gasteiger partial charge >= 0.3 is 0 Å². The maximum absolute atomic E-state index is 6.34. The third-order valence-electron chi connectivity index (χ3n) is 15.5. The number of fused-ring (bicyclic) bond motifs is 8. The predicted octanol–water partition coefficient (Wildman–Crippen LogP) is 15.5. The first-order valence-electron chi connectivity index (χ1n) is 22.3. The molecule has 3 heterocycles. The molecule has 15 rings (SSSR count). The third kappa shape index (κ3) is 4.69. The van der Waals surface area contributed by atoms with Crippen LogP contribution >= 0.6 is 0 Å². The van der Waals surface area contributed by atoms with E-state index in [0.29, 0.717) is 11.8 Å². The molecule has 0 saturated heterocycles. The second kappa shape index (κ2) is 12.6. The highest BCUT2D eigenvalue weighted by molar-refractivity contribution is 6.13. The summed E-state index contributed by atoms with van der Waals surface area (Å²) in [6, 6.07) is 67.9. The van der Waals surface area contributed by atoms with Crippen molar-refractivity contribution in [2.45, 2.75) is 37.5 Å². The van der Waals surface area contributed by atoms with Crippen LogP contribution in [0.25, 0.3) is 71.7 Å². The van der Waals surface area contributed by atoms with Gasteiger partial charge in [0, 0.05) is 43.9 Å². The van der Waals surface area contributed by atoms with E-state index < -0.39 is 0 Å². The van der Waals surface area contributed by atoms with E-state index in [9.17, 15) is 0 Å². The van der Waals surface area contributed by atoms with Gasteiger partial charge in [-0.2, -0.15) is 0 Å². The lowest BCUT2D eigenvalue weighted by molar-refractivity contribution is -0.0418. The number of anilines is 3. The van der Waals surface area contributed by atoms with E-state index in [4.69, 9.17) is 4.42 Å². The quantitative estimate of drug-likeness (QED) is 0.173. The predicted molar refractivity (Wildman–Crippen MR) is 251 cm³/mol. The Morgan fingerprint density at radius 2 is 1.13 bits per heavy atom. The number of benzene rings is 8. The first-order chi connectivity index (χ1) is 30.2. The Morgan fingerprint density at radius 1 is 0.459 bits per heavy atom. The largest absolute Gasteiger partial charge is 0.456 e.